The molecule has 0 heterocycles. The van der Waals surface area contributed by atoms with Crippen LogP contribution in [-0.2, 0) is 4.74 Å². The van der Waals surface area contributed by atoms with Crippen molar-refractivity contribution in [1.29, 1.82) is 0 Å². The minimum Gasteiger partial charge on any atom is -0.383 e. The lowest BCUT2D eigenvalue weighted by molar-refractivity contribution is 0.0908. The molecule has 1 atom stereocenters. The zero-order chi connectivity index (χ0) is 12.8. The fourth-order valence-corrected chi connectivity index (χ4v) is 2.10. The highest BCUT2D eigenvalue weighted by Crippen LogP contribution is 2.14. The molecule has 0 saturated heterocycles. The van der Waals surface area contributed by atoms with Crippen LogP contribution >= 0.6 is 27.5 Å². The lowest BCUT2D eigenvalue weighted by Crippen LogP contribution is -2.39. The van der Waals surface area contributed by atoms with Crippen molar-refractivity contribution in [2.75, 3.05) is 19.0 Å². The van der Waals surface area contributed by atoms with Crippen LogP contribution in [0.2, 0.25) is 5.02 Å². The Bertz CT molecular complexity index is 378. The first-order chi connectivity index (χ1) is 8.06. The smallest absolute Gasteiger partial charge is 0.251 e. The van der Waals surface area contributed by atoms with Crippen molar-refractivity contribution in [1.82, 2.24) is 5.32 Å². The number of benzene rings is 1. The number of hydrogen-bond acceptors (Lipinski definition) is 2. The Morgan fingerprint density at radius 3 is 2.76 bits per heavy atom. The maximum absolute atomic E-state index is 11.9. The SMILES string of the molecule is COCC(CBr)NC(=O)c1cc(C)cc(Cl)c1. The van der Waals surface area contributed by atoms with Crippen LogP contribution in [-0.4, -0.2) is 31.0 Å². The van der Waals surface area contributed by atoms with E-state index in [9.17, 15) is 4.79 Å². The molecule has 0 aromatic heterocycles. The van der Waals surface area contributed by atoms with E-state index in [1.165, 1.54) is 0 Å². The van der Waals surface area contributed by atoms with Crippen LogP contribution < -0.4 is 5.32 Å². The van der Waals surface area contributed by atoms with Crippen molar-refractivity contribution in [3.8, 4) is 0 Å². The number of nitrogens with one attached hydrogen (secondary N) is 1. The standard InChI is InChI=1S/C12H15BrClNO2/c1-8-3-9(5-10(14)4-8)12(16)15-11(6-13)7-17-2/h3-5,11H,6-7H2,1-2H3,(H,15,16). The van der Waals surface area contributed by atoms with Crippen molar-refractivity contribution in [2.45, 2.75) is 13.0 Å². The van der Waals surface area contributed by atoms with Crippen LogP contribution in [0.4, 0.5) is 0 Å². The van der Waals surface area contributed by atoms with Crippen LogP contribution in [0.5, 0.6) is 0 Å². The van der Waals surface area contributed by atoms with Gasteiger partial charge in [-0.1, -0.05) is 27.5 Å². The highest BCUT2D eigenvalue weighted by Gasteiger charge is 2.13. The topological polar surface area (TPSA) is 38.3 Å². The zero-order valence-corrected chi connectivity index (χ0v) is 12.1. The van der Waals surface area contributed by atoms with E-state index in [-0.39, 0.29) is 11.9 Å². The van der Waals surface area contributed by atoms with Gasteiger partial charge >= 0.3 is 0 Å². The number of rotatable bonds is 5. The minimum absolute atomic E-state index is 0.0493. The Kier molecular flexibility index (Phi) is 5.95. The first-order valence-electron chi connectivity index (χ1n) is 5.19. The zero-order valence-electron chi connectivity index (χ0n) is 9.80. The van der Waals surface area contributed by atoms with Gasteiger partial charge in [0, 0.05) is 23.0 Å². The Morgan fingerprint density at radius 1 is 1.53 bits per heavy atom. The average molecular weight is 321 g/mol. The fraction of sp³-hybridized carbons (Fsp3) is 0.417. The van der Waals surface area contributed by atoms with Crippen LogP contribution in [0.25, 0.3) is 0 Å². The summed E-state index contributed by atoms with van der Waals surface area (Å²) >= 11 is 9.24. The molecule has 0 radical (unpaired) electrons. The summed E-state index contributed by atoms with van der Waals surface area (Å²) in [6.07, 6.45) is 0. The van der Waals surface area contributed by atoms with Gasteiger partial charge in [-0.2, -0.15) is 0 Å². The lowest BCUT2D eigenvalue weighted by atomic mass is 10.1. The molecule has 0 fully saturated rings. The monoisotopic (exact) mass is 319 g/mol. The van der Waals surface area contributed by atoms with Crippen molar-refractivity contribution >= 4 is 33.4 Å². The van der Waals surface area contributed by atoms with E-state index in [4.69, 9.17) is 16.3 Å². The molecule has 0 spiro atoms. The summed E-state index contributed by atoms with van der Waals surface area (Å²) in [5.41, 5.74) is 1.53. The van der Waals surface area contributed by atoms with Gasteiger partial charge in [0.25, 0.3) is 5.91 Å². The maximum atomic E-state index is 11.9. The van der Waals surface area contributed by atoms with E-state index in [0.29, 0.717) is 22.5 Å². The molecular weight excluding hydrogens is 305 g/mol. The van der Waals surface area contributed by atoms with E-state index in [0.717, 1.165) is 5.56 Å². The first-order valence-corrected chi connectivity index (χ1v) is 6.69. The quantitative estimate of drug-likeness (QED) is 0.847. The maximum Gasteiger partial charge on any atom is 0.251 e. The van der Waals surface area contributed by atoms with E-state index >= 15 is 0 Å². The number of hydrogen-bond donors (Lipinski definition) is 1. The molecule has 0 aliphatic carbocycles. The molecule has 1 unspecified atom stereocenters. The second-order valence-electron chi connectivity index (χ2n) is 3.80. The Balaban J connectivity index is 2.75. The van der Waals surface area contributed by atoms with E-state index in [1.807, 2.05) is 13.0 Å². The summed E-state index contributed by atoms with van der Waals surface area (Å²) in [7, 11) is 1.60. The molecule has 1 N–H and O–H groups in total. The number of carbonyl (C=O) groups excluding carboxylic acids is 1. The number of amides is 1. The molecule has 1 aromatic carbocycles. The molecule has 94 valence electrons. The molecule has 1 amide bonds. The second kappa shape index (κ2) is 6.99. The van der Waals surface area contributed by atoms with Gasteiger partial charge in [0.1, 0.15) is 0 Å². The molecule has 3 nitrogen and oxygen atoms in total. The first kappa shape index (κ1) is 14.5. The van der Waals surface area contributed by atoms with Gasteiger partial charge in [-0.25, -0.2) is 0 Å². The Hall–Kier alpha value is -0.580. The number of alkyl halides is 1. The Morgan fingerprint density at radius 2 is 2.24 bits per heavy atom. The minimum atomic E-state index is -0.142. The van der Waals surface area contributed by atoms with Crippen LogP contribution in [0.1, 0.15) is 15.9 Å². The highest BCUT2D eigenvalue weighted by atomic mass is 79.9. The molecule has 0 aliphatic rings. The summed E-state index contributed by atoms with van der Waals surface area (Å²) in [4.78, 5) is 11.9. The average Bonchev–Trinajstić information content (AvgIpc) is 2.27. The van der Waals surface area contributed by atoms with Gasteiger partial charge in [0.15, 0.2) is 0 Å². The molecule has 5 heteroatoms. The van der Waals surface area contributed by atoms with Crippen molar-refractivity contribution in [2.24, 2.45) is 0 Å². The van der Waals surface area contributed by atoms with Gasteiger partial charge in [-0.05, 0) is 30.7 Å². The number of methoxy groups -OCH3 is 1. The fourth-order valence-electron chi connectivity index (χ4n) is 1.46. The number of carbonyl (C=O) groups is 1. The summed E-state index contributed by atoms with van der Waals surface area (Å²) < 4.78 is 5.01. The lowest BCUT2D eigenvalue weighted by Gasteiger charge is -2.15. The predicted molar refractivity (Wildman–Crippen MR) is 73.1 cm³/mol. The summed E-state index contributed by atoms with van der Waals surface area (Å²) in [6.45, 7) is 2.37. The molecular formula is C12H15BrClNO2. The van der Waals surface area contributed by atoms with Gasteiger partial charge in [0.2, 0.25) is 0 Å². The van der Waals surface area contributed by atoms with Gasteiger partial charge < -0.3 is 10.1 Å². The van der Waals surface area contributed by atoms with Crippen LogP contribution in [0.15, 0.2) is 18.2 Å². The summed E-state index contributed by atoms with van der Waals surface area (Å²) in [5, 5.41) is 4.08. The molecule has 1 rings (SSSR count). The molecule has 0 saturated carbocycles. The number of ether oxygens (including phenoxy) is 1. The van der Waals surface area contributed by atoms with E-state index in [1.54, 1.807) is 19.2 Å². The largest absolute Gasteiger partial charge is 0.383 e. The number of aryl methyl sites for hydroxylation is 1. The van der Waals surface area contributed by atoms with E-state index in [2.05, 4.69) is 21.2 Å². The van der Waals surface area contributed by atoms with Crippen molar-refractivity contribution in [3.05, 3.63) is 34.3 Å². The van der Waals surface area contributed by atoms with Gasteiger partial charge in [-0.15, -0.1) is 0 Å². The summed E-state index contributed by atoms with van der Waals surface area (Å²) in [6, 6.07) is 5.23. The molecule has 17 heavy (non-hydrogen) atoms. The highest BCUT2D eigenvalue weighted by molar-refractivity contribution is 9.09. The second-order valence-corrected chi connectivity index (χ2v) is 4.88. The summed E-state index contributed by atoms with van der Waals surface area (Å²) in [5.74, 6) is -0.142. The number of halogens is 2. The third-order valence-corrected chi connectivity index (χ3v) is 3.19. The van der Waals surface area contributed by atoms with Crippen molar-refractivity contribution < 1.29 is 9.53 Å². The molecule has 0 aliphatic heterocycles. The van der Waals surface area contributed by atoms with Crippen LogP contribution in [0, 0.1) is 6.92 Å². The van der Waals surface area contributed by atoms with Gasteiger partial charge in [0.05, 0.1) is 12.6 Å². The molecule has 1 aromatic rings. The Labute approximate surface area is 115 Å². The van der Waals surface area contributed by atoms with Crippen molar-refractivity contribution in [3.63, 3.8) is 0 Å². The third kappa shape index (κ3) is 4.66. The van der Waals surface area contributed by atoms with Gasteiger partial charge in [-0.3, -0.25) is 4.79 Å². The normalized spacial score (nSPS) is 12.2. The predicted octanol–water partition coefficient (Wildman–Crippen LogP) is 2.79. The molecule has 0 bridgehead atoms. The third-order valence-electron chi connectivity index (χ3n) is 2.19. The van der Waals surface area contributed by atoms with Crippen LogP contribution in [0.3, 0.4) is 0 Å². The van der Waals surface area contributed by atoms with E-state index < -0.39 is 0 Å².